The molecule has 0 bridgehead atoms. The van der Waals surface area contributed by atoms with Crippen LogP contribution in [-0.4, -0.2) is 33.6 Å². The van der Waals surface area contributed by atoms with Gasteiger partial charge in [0.05, 0.1) is 18.3 Å². The van der Waals surface area contributed by atoms with Gasteiger partial charge >= 0.3 is 0 Å². The van der Waals surface area contributed by atoms with Gasteiger partial charge in [0.15, 0.2) is 0 Å². The average molecular weight is 409 g/mol. The summed E-state index contributed by atoms with van der Waals surface area (Å²) in [5.74, 6) is 5.33. The summed E-state index contributed by atoms with van der Waals surface area (Å²) in [6.45, 7) is 13.7. The Morgan fingerprint density at radius 3 is 1.48 bits per heavy atom. The minimum absolute atomic E-state index is 0.122. The minimum atomic E-state index is -0.180. The van der Waals surface area contributed by atoms with E-state index in [1.165, 1.54) is 6.42 Å². The molecule has 0 aliphatic heterocycles. The summed E-state index contributed by atoms with van der Waals surface area (Å²) in [6, 6.07) is 0. The van der Waals surface area contributed by atoms with Crippen molar-refractivity contribution in [1.29, 1.82) is 0 Å². The van der Waals surface area contributed by atoms with Crippen LogP contribution in [0.1, 0.15) is 86.5 Å². The van der Waals surface area contributed by atoms with Crippen molar-refractivity contribution in [3.63, 3.8) is 0 Å². The fourth-order valence-corrected chi connectivity index (χ4v) is 7.32. The fraction of sp³-hybridized carbons (Fsp3) is 1.00. The van der Waals surface area contributed by atoms with Crippen molar-refractivity contribution in [2.45, 2.75) is 105 Å². The molecular weight excluding hydrogens is 360 g/mol. The summed E-state index contributed by atoms with van der Waals surface area (Å²) in [4.78, 5) is 0. The summed E-state index contributed by atoms with van der Waals surface area (Å²) in [7, 11) is 0. The van der Waals surface area contributed by atoms with E-state index in [9.17, 15) is 15.3 Å². The molecule has 13 unspecified atom stereocenters. The maximum atomic E-state index is 11.1. The lowest BCUT2D eigenvalue weighted by atomic mass is 9.59. The molecule has 3 nitrogen and oxygen atoms in total. The molecular formula is C26H48O3. The standard InChI is InChI=1S/C26H48O3/c1-14-10-24(27)16(3)7-20(14)12-22-9-18(5)26(29)23(19(22)6)13-21-8-17(4)25(28)11-15(21)2/h14-29H,7-13H2,1-6H3. The van der Waals surface area contributed by atoms with E-state index in [1.54, 1.807) is 0 Å². The normalized spacial score (nSPS) is 54.3. The lowest BCUT2D eigenvalue weighted by molar-refractivity contribution is -0.0654. The lowest BCUT2D eigenvalue weighted by Crippen LogP contribution is -2.45. The van der Waals surface area contributed by atoms with Gasteiger partial charge < -0.3 is 15.3 Å². The van der Waals surface area contributed by atoms with E-state index >= 15 is 0 Å². The van der Waals surface area contributed by atoms with Crippen molar-refractivity contribution in [3.8, 4) is 0 Å². The van der Waals surface area contributed by atoms with Crippen LogP contribution >= 0.6 is 0 Å². The van der Waals surface area contributed by atoms with Crippen molar-refractivity contribution >= 4 is 0 Å². The Morgan fingerprint density at radius 2 is 0.966 bits per heavy atom. The van der Waals surface area contributed by atoms with Crippen LogP contribution < -0.4 is 0 Å². The van der Waals surface area contributed by atoms with Gasteiger partial charge in [0.2, 0.25) is 0 Å². The van der Waals surface area contributed by atoms with Gasteiger partial charge in [-0.15, -0.1) is 0 Å². The number of hydrogen-bond acceptors (Lipinski definition) is 3. The quantitative estimate of drug-likeness (QED) is 0.605. The van der Waals surface area contributed by atoms with Gasteiger partial charge in [0, 0.05) is 0 Å². The Labute approximate surface area is 179 Å². The first kappa shape index (κ1) is 23.5. The van der Waals surface area contributed by atoms with E-state index in [1.807, 2.05) is 0 Å². The molecule has 3 N–H and O–H groups in total. The Bertz CT molecular complexity index is 522. The molecule has 3 saturated carbocycles. The maximum absolute atomic E-state index is 11.1. The van der Waals surface area contributed by atoms with Crippen LogP contribution in [0.25, 0.3) is 0 Å². The summed E-state index contributed by atoms with van der Waals surface area (Å²) < 4.78 is 0. The number of rotatable bonds is 4. The van der Waals surface area contributed by atoms with Crippen molar-refractivity contribution < 1.29 is 15.3 Å². The van der Waals surface area contributed by atoms with E-state index in [4.69, 9.17) is 0 Å². The molecule has 0 spiro atoms. The molecule has 3 heteroatoms. The highest BCUT2D eigenvalue weighted by atomic mass is 16.3. The first-order valence-electron chi connectivity index (χ1n) is 12.6. The van der Waals surface area contributed by atoms with Gasteiger partial charge in [-0.05, 0) is 104 Å². The van der Waals surface area contributed by atoms with Crippen molar-refractivity contribution in [1.82, 2.24) is 0 Å². The van der Waals surface area contributed by atoms with Crippen LogP contribution in [0.4, 0.5) is 0 Å². The van der Waals surface area contributed by atoms with Crippen LogP contribution in [-0.2, 0) is 0 Å². The van der Waals surface area contributed by atoms with Gasteiger partial charge in [-0.3, -0.25) is 0 Å². The van der Waals surface area contributed by atoms with Gasteiger partial charge in [-0.25, -0.2) is 0 Å². The predicted molar refractivity (Wildman–Crippen MR) is 119 cm³/mol. The molecule has 0 aromatic carbocycles. The second kappa shape index (κ2) is 9.57. The van der Waals surface area contributed by atoms with Gasteiger partial charge in [-0.1, -0.05) is 41.5 Å². The van der Waals surface area contributed by atoms with Crippen LogP contribution in [0.15, 0.2) is 0 Å². The summed E-state index contributed by atoms with van der Waals surface area (Å²) >= 11 is 0. The molecule has 0 amide bonds. The number of aliphatic hydroxyl groups is 3. The van der Waals surface area contributed by atoms with Gasteiger partial charge in [0.25, 0.3) is 0 Å². The third-order valence-corrected chi connectivity index (χ3v) is 9.79. The largest absolute Gasteiger partial charge is 0.393 e. The third kappa shape index (κ3) is 5.21. The number of aliphatic hydroxyl groups excluding tert-OH is 3. The summed E-state index contributed by atoms with van der Waals surface area (Å²) in [5.41, 5.74) is 0. The van der Waals surface area contributed by atoms with E-state index in [2.05, 4.69) is 41.5 Å². The van der Waals surface area contributed by atoms with Gasteiger partial charge in [0.1, 0.15) is 0 Å². The average Bonchev–Trinajstić information content (AvgIpc) is 2.65. The summed E-state index contributed by atoms with van der Waals surface area (Å²) in [5, 5.41) is 31.6. The van der Waals surface area contributed by atoms with Crippen LogP contribution in [0.5, 0.6) is 0 Å². The van der Waals surface area contributed by atoms with Gasteiger partial charge in [-0.2, -0.15) is 0 Å². The second-order valence-electron chi connectivity index (χ2n) is 12.0. The van der Waals surface area contributed by atoms with Crippen molar-refractivity contribution in [3.05, 3.63) is 0 Å². The van der Waals surface area contributed by atoms with Crippen molar-refractivity contribution in [2.75, 3.05) is 0 Å². The molecule has 0 saturated heterocycles. The Morgan fingerprint density at radius 1 is 0.517 bits per heavy atom. The number of hydrogen-bond donors (Lipinski definition) is 3. The predicted octanol–water partition coefficient (Wildman–Crippen LogP) is 5.12. The zero-order chi connectivity index (χ0) is 21.5. The highest BCUT2D eigenvalue weighted by Crippen LogP contribution is 2.49. The Balaban J connectivity index is 1.66. The lowest BCUT2D eigenvalue weighted by Gasteiger charge is -2.48. The topological polar surface area (TPSA) is 60.7 Å². The smallest absolute Gasteiger partial charge is 0.0596 e. The first-order chi connectivity index (χ1) is 13.6. The molecule has 170 valence electrons. The van der Waals surface area contributed by atoms with Crippen LogP contribution in [0, 0.1) is 59.2 Å². The molecule has 0 heterocycles. The third-order valence-electron chi connectivity index (χ3n) is 9.79. The van der Waals surface area contributed by atoms with E-state index in [0.29, 0.717) is 59.2 Å². The zero-order valence-electron chi connectivity index (χ0n) is 19.8. The Kier molecular flexibility index (Phi) is 7.77. The molecule has 0 aromatic heterocycles. The molecule has 13 atom stereocenters. The molecule has 3 aliphatic rings. The highest BCUT2D eigenvalue weighted by molar-refractivity contribution is 4.94. The molecule has 0 radical (unpaired) electrons. The maximum Gasteiger partial charge on any atom is 0.0596 e. The Hall–Kier alpha value is -0.120. The molecule has 3 fully saturated rings. The summed E-state index contributed by atoms with van der Waals surface area (Å²) in [6.07, 6.45) is 7.22. The first-order valence-corrected chi connectivity index (χ1v) is 12.6. The van der Waals surface area contributed by atoms with E-state index in [-0.39, 0.29) is 18.3 Å². The van der Waals surface area contributed by atoms with E-state index in [0.717, 1.165) is 38.5 Å². The molecule has 29 heavy (non-hydrogen) atoms. The monoisotopic (exact) mass is 408 g/mol. The second-order valence-corrected chi connectivity index (χ2v) is 12.0. The molecule has 3 aliphatic carbocycles. The minimum Gasteiger partial charge on any atom is -0.393 e. The molecule has 0 aromatic rings. The van der Waals surface area contributed by atoms with E-state index < -0.39 is 0 Å². The van der Waals surface area contributed by atoms with Crippen molar-refractivity contribution in [2.24, 2.45) is 59.2 Å². The molecule has 3 rings (SSSR count). The SMILES string of the molecule is CC1CC(CC2CC(C)C(O)C(CC3CC(C)C(O)CC3C)C2C)C(C)CC1O. The van der Waals surface area contributed by atoms with Crippen LogP contribution in [0.3, 0.4) is 0 Å². The highest BCUT2D eigenvalue weighted by Gasteiger charge is 2.44. The van der Waals surface area contributed by atoms with Crippen LogP contribution in [0.2, 0.25) is 0 Å². The fourth-order valence-electron chi connectivity index (χ4n) is 7.32. The zero-order valence-corrected chi connectivity index (χ0v) is 19.8.